The molecule has 3 N–H and O–H groups in total. The van der Waals surface area contributed by atoms with E-state index in [2.05, 4.69) is 63.7 Å². The summed E-state index contributed by atoms with van der Waals surface area (Å²) < 4.78 is 5.60. The van der Waals surface area contributed by atoms with Crippen molar-refractivity contribution in [2.75, 3.05) is 13.1 Å². The second-order valence-corrected chi connectivity index (χ2v) is 7.16. The number of aromatic nitrogens is 2. The molecule has 0 aliphatic heterocycles. The Labute approximate surface area is 176 Å². The van der Waals surface area contributed by atoms with Gasteiger partial charge < -0.3 is 20.0 Å². The van der Waals surface area contributed by atoms with Crippen LogP contribution in [0.25, 0.3) is 22.4 Å². The van der Waals surface area contributed by atoms with Crippen LogP contribution in [0.4, 0.5) is 0 Å². The number of guanidine groups is 1. The van der Waals surface area contributed by atoms with Gasteiger partial charge >= 0.3 is 0 Å². The third-order valence-electron chi connectivity index (χ3n) is 5.01. The first-order chi connectivity index (χ1) is 14.7. The van der Waals surface area contributed by atoms with E-state index < -0.39 is 0 Å². The third kappa shape index (κ3) is 4.54. The number of oxazole rings is 1. The molecule has 0 radical (unpaired) electrons. The van der Waals surface area contributed by atoms with E-state index in [1.165, 1.54) is 22.2 Å². The van der Waals surface area contributed by atoms with Crippen LogP contribution in [0.1, 0.15) is 23.9 Å². The quantitative estimate of drug-likeness (QED) is 0.316. The number of nitrogens with one attached hydrogen (secondary N) is 3. The van der Waals surface area contributed by atoms with Crippen LogP contribution in [-0.4, -0.2) is 29.0 Å². The van der Waals surface area contributed by atoms with E-state index >= 15 is 0 Å². The Balaban J connectivity index is 1.38. The Hall–Kier alpha value is -3.54. The largest absolute Gasteiger partial charge is 0.444 e. The SMILES string of the molecule is CCNC(=NCc1coc(-c2ccccc2)n1)NCCc1c(C)[nH]c2ccccc12. The van der Waals surface area contributed by atoms with Crippen LogP contribution in [0.15, 0.2) is 70.3 Å². The monoisotopic (exact) mass is 401 g/mol. The van der Waals surface area contributed by atoms with Crippen LogP contribution in [0, 0.1) is 6.92 Å². The Morgan fingerprint density at radius 2 is 1.87 bits per heavy atom. The van der Waals surface area contributed by atoms with Crippen LogP contribution in [0.2, 0.25) is 0 Å². The number of rotatable bonds is 7. The number of hydrogen-bond donors (Lipinski definition) is 3. The summed E-state index contributed by atoms with van der Waals surface area (Å²) >= 11 is 0. The fourth-order valence-corrected chi connectivity index (χ4v) is 3.56. The lowest BCUT2D eigenvalue weighted by Gasteiger charge is -2.11. The summed E-state index contributed by atoms with van der Waals surface area (Å²) in [6.07, 6.45) is 2.59. The van der Waals surface area contributed by atoms with Crippen LogP contribution in [0.3, 0.4) is 0 Å². The molecule has 30 heavy (non-hydrogen) atoms. The molecule has 6 heteroatoms. The molecule has 6 nitrogen and oxygen atoms in total. The van der Waals surface area contributed by atoms with Gasteiger partial charge in [0, 0.05) is 35.2 Å². The van der Waals surface area contributed by atoms with Gasteiger partial charge in [0.2, 0.25) is 5.89 Å². The number of fused-ring (bicyclic) bond motifs is 1. The van der Waals surface area contributed by atoms with Gasteiger partial charge in [-0.3, -0.25) is 0 Å². The Morgan fingerprint density at radius 1 is 1.07 bits per heavy atom. The zero-order chi connectivity index (χ0) is 20.8. The third-order valence-corrected chi connectivity index (χ3v) is 5.01. The van der Waals surface area contributed by atoms with Gasteiger partial charge in [0.15, 0.2) is 5.96 Å². The molecule has 0 aliphatic rings. The Kier molecular flexibility index (Phi) is 6.13. The van der Waals surface area contributed by atoms with E-state index in [9.17, 15) is 0 Å². The highest BCUT2D eigenvalue weighted by atomic mass is 16.3. The van der Waals surface area contributed by atoms with Crippen molar-refractivity contribution in [2.24, 2.45) is 4.99 Å². The first kappa shape index (κ1) is 19.8. The topological polar surface area (TPSA) is 78.2 Å². The smallest absolute Gasteiger partial charge is 0.226 e. The number of para-hydroxylation sites is 1. The van der Waals surface area contributed by atoms with E-state index in [4.69, 9.17) is 4.42 Å². The second kappa shape index (κ2) is 9.31. The van der Waals surface area contributed by atoms with Crippen LogP contribution in [0.5, 0.6) is 0 Å². The van der Waals surface area contributed by atoms with Gasteiger partial charge in [0.25, 0.3) is 0 Å². The average Bonchev–Trinajstić information content (AvgIpc) is 3.37. The lowest BCUT2D eigenvalue weighted by Crippen LogP contribution is -2.38. The van der Waals surface area contributed by atoms with Crippen LogP contribution >= 0.6 is 0 Å². The predicted octanol–water partition coefficient (Wildman–Crippen LogP) is 4.43. The Bertz CT molecular complexity index is 1130. The molecule has 4 rings (SSSR count). The maximum Gasteiger partial charge on any atom is 0.226 e. The van der Waals surface area contributed by atoms with E-state index in [0.29, 0.717) is 12.4 Å². The number of aryl methyl sites for hydroxylation is 1. The van der Waals surface area contributed by atoms with Gasteiger partial charge in [0.1, 0.15) is 12.0 Å². The van der Waals surface area contributed by atoms with Crippen molar-refractivity contribution in [3.63, 3.8) is 0 Å². The number of benzene rings is 2. The molecule has 0 unspecified atom stereocenters. The minimum atomic E-state index is 0.456. The molecule has 0 fully saturated rings. The first-order valence-corrected chi connectivity index (χ1v) is 10.3. The van der Waals surface area contributed by atoms with Gasteiger partial charge in [-0.25, -0.2) is 9.98 Å². The van der Waals surface area contributed by atoms with Crippen molar-refractivity contribution in [1.82, 2.24) is 20.6 Å². The average molecular weight is 402 g/mol. The van der Waals surface area contributed by atoms with Gasteiger partial charge in [0.05, 0.1) is 6.54 Å². The molecular weight excluding hydrogens is 374 g/mol. The van der Waals surface area contributed by atoms with Crippen molar-refractivity contribution in [2.45, 2.75) is 26.8 Å². The highest BCUT2D eigenvalue weighted by Gasteiger charge is 2.09. The summed E-state index contributed by atoms with van der Waals surface area (Å²) in [6.45, 7) is 6.24. The minimum Gasteiger partial charge on any atom is -0.444 e. The van der Waals surface area contributed by atoms with E-state index in [1.807, 2.05) is 30.3 Å². The fraction of sp³-hybridized carbons (Fsp3) is 0.250. The summed E-state index contributed by atoms with van der Waals surface area (Å²) in [5.41, 5.74) is 5.52. The van der Waals surface area contributed by atoms with Crippen LogP contribution < -0.4 is 10.6 Å². The maximum atomic E-state index is 5.60. The molecule has 0 bridgehead atoms. The molecule has 0 aliphatic carbocycles. The number of aromatic amines is 1. The number of hydrogen-bond acceptors (Lipinski definition) is 3. The molecule has 2 aromatic carbocycles. The van der Waals surface area contributed by atoms with Gasteiger partial charge in [-0.2, -0.15) is 0 Å². The highest BCUT2D eigenvalue weighted by Crippen LogP contribution is 2.22. The fourth-order valence-electron chi connectivity index (χ4n) is 3.56. The van der Waals surface area contributed by atoms with Gasteiger partial charge in [-0.15, -0.1) is 0 Å². The molecule has 154 valence electrons. The molecule has 0 amide bonds. The lowest BCUT2D eigenvalue weighted by atomic mass is 10.1. The van der Waals surface area contributed by atoms with Crippen molar-refractivity contribution in [3.05, 3.63) is 77.8 Å². The molecule has 2 heterocycles. The van der Waals surface area contributed by atoms with Gasteiger partial charge in [-0.1, -0.05) is 36.4 Å². The lowest BCUT2D eigenvalue weighted by molar-refractivity contribution is 0.572. The number of aliphatic imine (C=N–C) groups is 1. The van der Waals surface area contributed by atoms with E-state index in [-0.39, 0.29) is 0 Å². The Morgan fingerprint density at radius 3 is 2.70 bits per heavy atom. The zero-order valence-electron chi connectivity index (χ0n) is 17.4. The van der Waals surface area contributed by atoms with Crippen molar-refractivity contribution < 1.29 is 4.42 Å². The number of H-pyrrole nitrogens is 1. The minimum absolute atomic E-state index is 0.456. The van der Waals surface area contributed by atoms with Crippen molar-refractivity contribution in [3.8, 4) is 11.5 Å². The zero-order valence-corrected chi connectivity index (χ0v) is 17.4. The molecule has 0 saturated heterocycles. The van der Waals surface area contributed by atoms with Crippen LogP contribution in [-0.2, 0) is 13.0 Å². The normalized spacial score (nSPS) is 11.7. The summed E-state index contributed by atoms with van der Waals surface area (Å²) in [6, 6.07) is 18.3. The molecule has 0 spiro atoms. The van der Waals surface area contributed by atoms with E-state index in [0.717, 1.165) is 36.7 Å². The molecular formula is C24H27N5O. The van der Waals surface area contributed by atoms with E-state index in [1.54, 1.807) is 6.26 Å². The van der Waals surface area contributed by atoms with Crippen molar-refractivity contribution >= 4 is 16.9 Å². The highest BCUT2D eigenvalue weighted by molar-refractivity contribution is 5.84. The molecule has 0 atom stereocenters. The standard InChI is InChI=1S/C24H27N5O/c1-3-25-24(26-14-13-20-17(2)28-22-12-8-7-11-21(20)22)27-15-19-16-30-23(29-19)18-9-5-4-6-10-18/h4-12,16,28H,3,13-15H2,1-2H3,(H2,25,26,27). The maximum absolute atomic E-state index is 5.60. The number of nitrogens with zero attached hydrogens (tertiary/aromatic N) is 2. The van der Waals surface area contributed by atoms with Gasteiger partial charge in [-0.05, 0) is 44.0 Å². The predicted molar refractivity (Wildman–Crippen MR) is 121 cm³/mol. The second-order valence-electron chi connectivity index (χ2n) is 7.16. The molecule has 0 saturated carbocycles. The summed E-state index contributed by atoms with van der Waals surface area (Å²) in [7, 11) is 0. The molecule has 2 aromatic heterocycles. The summed E-state index contributed by atoms with van der Waals surface area (Å²) in [5.74, 6) is 1.40. The summed E-state index contributed by atoms with van der Waals surface area (Å²) in [4.78, 5) is 12.7. The molecule has 4 aromatic rings. The summed E-state index contributed by atoms with van der Waals surface area (Å²) in [5, 5.41) is 8.01. The first-order valence-electron chi connectivity index (χ1n) is 10.3. The van der Waals surface area contributed by atoms with Crippen molar-refractivity contribution in [1.29, 1.82) is 0 Å².